The van der Waals surface area contributed by atoms with Crippen LogP contribution in [0.1, 0.15) is 23.6 Å². The summed E-state index contributed by atoms with van der Waals surface area (Å²) in [5, 5.41) is 11.5. The van der Waals surface area contributed by atoms with Crippen LogP contribution in [0.15, 0.2) is 77.7 Å². The van der Waals surface area contributed by atoms with Crippen molar-refractivity contribution >= 4 is 21.4 Å². The maximum atomic E-state index is 13.4. The maximum absolute atomic E-state index is 13.4. The first kappa shape index (κ1) is 22.4. The van der Waals surface area contributed by atoms with E-state index in [1.54, 1.807) is 0 Å². The molecular formula is C25H25N3O5S. The average Bonchev–Trinajstić information content (AvgIpc) is 3.21. The standard InChI is InChI=1S/C25H25N3O5S/c1-26(34(31,32)24-15-7-5-13-21(24)28(29)30)17-23-25(19-11-3-6-14-22(19)33-23)27-16-8-10-18-9-2-4-12-20(18)27/h2-7,9,11-15,23,25H,8,10,16-17H2,1H3. The number of hydrogen-bond donors (Lipinski definition) is 0. The molecule has 0 saturated carbocycles. The lowest BCUT2D eigenvalue weighted by molar-refractivity contribution is -0.387. The van der Waals surface area contributed by atoms with E-state index in [1.165, 1.54) is 36.9 Å². The smallest absolute Gasteiger partial charge is 0.289 e. The first-order valence-electron chi connectivity index (χ1n) is 11.2. The number of nitro groups is 1. The first-order chi connectivity index (χ1) is 16.4. The van der Waals surface area contributed by atoms with Gasteiger partial charge in [0.05, 0.1) is 17.5 Å². The van der Waals surface area contributed by atoms with E-state index in [0.717, 1.165) is 40.7 Å². The Morgan fingerprint density at radius 1 is 1.06 bits per heavy atom. The molecule has 0 N–H and O–H groups in total. The Morgan fingerprint density at radius 3 is 2.59 bits per heavy atom. The van der Waals surface area contributed by atoms with Gasteiger partial charge in [0, 0.05) is 30.9 Å². The Labute approximate surface area is 198 Å². The molecule has 2 aliphatic heterocycles. The highest BCUT2D eigenvalue weighted by atomic mass is 32.2. The molecule has 0 saturated heterocycles. The van der Waals surface area contributed by atoms with Crippen molar-refractivity contribution in [2.24, 2.45) is 0 Å². The molecule has 0 radical (unpaired) electrons. The van der Waals surface area contributed by atoms with Gasteiger partial charge in [-0.2, -0.15) is 4.31 Å². The fraction of sp³-hybridized carbons (Fsp3) is 0.280. The number of fused-ring (bicyclic) bond motifs is 2. The molecule has 2 unspecified atom stereocenters. The summed E-state index contributed by atoms with van der Waals surface area (Å²) in [4.78, 5) is 12.8. The highest BCUT2D eigenvalue weighted by Crippen LogP contribution is 2.44. The van der Waals surface area contributed by atoms with Crippen LogP contribution in [-0.4, -0.2) is 43.9 Å². The van der Waals surface area contributed by atoms with E-state index in [9.17, 15) is 18.5 Å². The van der Waals surface area contributed by atoms with E-state index in [2.05, 4.69) is 17.0 Å². The Bertz CT molecular complexity index is 1340. The normalized spacial score (nSPS) is 19.4. The van der Waals surface area contributed by atoms with Gasteiger partial charge in [0.1, 0.15) is 11.9 Å². The predicted molar refractivity (Wildman–Crippen MR) is 129 cm³/mol. The topological polar surface area (TPSA) is 93.0 Å². The molecule has 5 rings (SSSR count). The van der Waals surface area contributed by atoms with E-state index in [1.807, 2.05) is 36.4 Å². The fourth-order valence-electron chi connectivity index (χ4n) is 4.96. The van der Waals surface area contributed by atoms with Gasteiger partial charge in [0.2, 0.25) is 10.0 Å². The Hall–Kier alpha value is -3.43. The van der Waals surface area contributed by atoms with E-state index in [-0.39, 0.29) is 17.5 Å². The summed E-state index contributed by atoms with van der Waals surface area (Å²) in [6.07, 6.45) is 1.51. The summed E-state index contributed by atoms with van der Waals surface area (Å²) >= 11 is 0. The van der Waals surface area contributed by atoms with Gasteiger partial charge < -0.3 is 9.64 Å². The number of anilines is 1. The lowest BCUT2D eigenvalue weighted by Gasteiger charge is -2.39. The van der Waals surface area contributed by atoms with E-state index < -0.39 is 26.7 Å². The molecule has 2 atom stereocenters. The van der Waals surface area contributed by atoms with Crippen molar-refractivity contribution < 1.29 is 18.1 Å². The number of benzene rings is 3. The zero-order chi connectivity index (χ0) is 23.9. The summed E-state index contributed by atoms with van der Waals surface area (Å²) in [5.41, 5.74) is 2.97. The maximum Gasteiger partial charge on any atom is 0.289 e. The number of ether oxygens (including phenoxy) is 1. The molecule has 8 nitrogen and oxygen atoms in total. The SMILES string of the molecule is CN(CC1Oc2ccccc2C1N1CCCc2ccccc21)S(=O)(=O)c1ccccc1[N+](=O)[O-]. The van der Waals surface area contributed by atoms with Crippen LogP contribution >= 0.6 is 0 Å². The van der Waals surface area contributed by atoms with E-state index in [0.29, 0.717) is 0 Å². The summed E-state index contributed by atoms with van der Waals surface area (Å²) in [5.74, 6) is 0.733. The highest BCUT2D eigenvalue weighted by molar-refractivity contribution is 7.89. The lowest BCUT2D eigenvalue weighted by atomic mass is 9.95. The molecular weight excluding hydrogens is 454 g/mol. The van der Waals surface area contributed by atoms with Crippen LogP contribution in [0.4, 0.5) is 11.4 Å². The second-order valence-corrected chi connectivity index (χ2v) is 10.6. The molecule has 0 fully saturated rings. The van der Waals surface area contributed by atoms with Gasteiger partial charge in [0.15, 0.2) is 4.90 Å². The van der Waals surface area contributed by atoms with Crippen molar-refractivity contribution in [3.8, 4) is 5.75 Å². The Kier molecular flexibility index (Phi) is 5.75. The van der Waals surface area contributed by atoms with Gasteiger partial charge in [-0.1, -0.05) is 48.5 Å². The minimum Gasteiger partial charge on any atom is -0.486 e. The Morgan fingerprint density at radius 2 is 1.76 bits per heavy atom. The summed E-state index contributed by atoms with van der Waals surface area (Å²) in [6, 6.07) is 21.3. The third kappa shape index (κ3) is 3.80. The van der Waals surface area contributed by atoms with Crippen molar-refractivity contribution in [3.63, 3.8) is 0 Å². The van der Waals surface area contributed by atoms with Crippen LogP contribution in [0.3, 0.4) is 0 Å². The molecule has 0 spiro atoms. The molecule has 9 heteroatoms. The molecule has 0 bridgehead atoms. The number of aryl methyl sites for hydroxylation is 1. The second-order valence-electron chi connectivity index (χ2n) is 8.58. The zero-order valence-corrected chi connectivity index (χ0v) is 19.5. The van der Waals surface area contributed by atoms with Gasteiger partial charge in [-0.25, -0.2) is 8.42 Å². The molecule has 3 aromatic rings. The average molecular weight is 480 g/mol. The molecule has 2 heterocycles. The highest BCUT2D eigenvalue weighted by Gasteiger charge is 2.42. The molecule has 0 aromatic heterocycles. The van der Waals surface area contributed by atoms with Crippen molar-refractivity contribution in [2.45, 2.75) is 29.9 Å². The largest absolute Gasteiger partial charge is 0.486 e. The fourth-order valence-corrected chi connectivity index (χ4v) is 6.30. The minimum absolute atomic E-state index is 0.0480. The monoisotopic (exact) mass is 479 g/mol. The summed E-state index contributed by atoms with van der Waals surface area (Å²) in [6.45, 7) is 0.878. The van der Waals surface area contributed by atoms with Crippen LogP contribution in [0.25, 0.3) is 0 Å². The van der Waals surface area contributed by atoms with Crippen LogP contribution in [0.5, 0.6) is 5.75 Å². The first-order valence-corrected chi connectivity index (χ1v) is 12.6. The third-order valence-electron chi connectivity index (χ3n) is 6.54. The molecule has 34 heavy (non-hydrogen) atoms. The van der Waals surface area contributed by atoms with Crippen LogP contribution in [0, 0.1) is 10.1 Å². The number of nitrogens with zero attached hydrogens (tertiary/aromatic N) is 3. The summed E-state index contributed by atoms with van der Waals surface area (Å²) in [7, 11) is -2.67. The molecule has 176 valence electrons. The molecule has 2 aliphatic rings. The van der Waals surface area contributed by atoms with Gasteiger partial charge in [-0.15, -0.1) is 0 Å². The van der Waals surface area contributed by atoms with E-state index >= 15 is 0 Å². The van der Waals surface area contributed by atoms with Gasteiger partial charge in [-0.05, 0) is 36.6 Å². The van der Waals surface area contributed by atoms with Crippen molar-refractivity contribution in [3.05, 3.63) is 94.0 Å². The van der Waals surface area contributed by atoms with Crippen LogP contribution in [-0.2, 0) is 16.4 Å². The number of hydrogen-bond acceptors (Lipinski definition) is 6. The number of sulfonamides is 1. The minimum atomic E-state index is -4.11. The number of para-hydroxylation sites is 3. The second kappa shape index (κ2) is 8.73. The number of nitro benzene ring substituents is 1. The van der Waals surface area contributed by atoms with Gasteiger partial charge in [-0.3, -0.25) is 10.1 Å². The molecule has 0 amide bonds. The number of rotatable bonds is 6. The van der Waals surface area contributed by atoms with Crippen LogP contribution in [0.2, 0.25) is 0 Å². The zero-order valence-electron chi connectivity index (χ0n) is 18.7. The third-order valence-corrected chi connectivity index (χ3v) is 8.41. The van der Waals surface area contributed by atoms with Crippen LogP contribution < -0.4 is 9.64 Å². The van der Waals surface area contributed by atoms with E-state index in [4.69, 9.17) is 4.74 Å². The summed E-state index contributed by atoms with van der Waals surface area (Å²) < 4.78 is 34.2. The van der Waals surface area contributed by atoms with Crippen molar-refractivity contribution in [1.82, 2.24) is 4.31 Å². The number of likely N-dealkylation sites (N-methyl/N-ethyl adjacent to an activating group) is 1. The molecule has 0 aliphatic carbocycles. The van der Waals surface area contributed by atoms with Crippen molar-refractivity contribution in [1.29, 1.82) is 0 Å². The van der Waals surface area contributed by atoms with Gasteiger partial charge >= 0.3 is 0 Å². The lowest BCUT2D eigenvalue weighted by Crippen LogP contribution is -2.45. The molecule has 3 aromatic carbocycles. The quantitative estimate of drug-likeness (QED) is 0.389. The van der Waals surface area contributed by atoms with Crippen molar-refractivity contribution in [2.75, 3.05) is 25.0 Å². The van der Waals surface area contributed by atoms with Gasteiger partial charge in [0.25, 0.3) is 5.69 Å². The Balaban J connectivity index is 1.50. The predicted octanol–water partition coefficient (Wildman–Crippen LogP) is 4.17.